The predicted molar refractivity (Wildman–Crippen MR) is 108 cm³/mol. The van der Waals surface area contributed by atoms with Gasteiger partial charge < -0.3 is 9.84 Å². The molecule has 1 unspecified atom stereocenters. The van der Waals surface area contributed by atoms with E-state index in [0.717, 1.165) is 12.0 Å². The Hall–Kier alpha value is -2.91. The fraction of sp³-hybridized carbons (Fsp3) is 0.300. The number of rotatable bonds is 6. The molecule has 0 spiro atoms. The lowest BCUT2D eigenvalue weighted by Crippen LogP contribution is -2.30. The minimum Gasteiger partial charge on any atom is -0.493 e. The Morgan fingerprint density at radius 1 is 1.24 bits per heavy atom. The molecule has 0 bridgehead atoms. The molecule has 1 aliphatic carbocycles. The molecule has 0 radical (unpaired) electrons. The van der Waals surface area contributed by atoms with Gasteiger partial charge in [0.05, 0.1) is 11.4 Å². The number of anilines is 1. The first-order valence-electron chi connectivity index (χ1n) is 9.35. The highest BCUT2D eigenvalue weighted by atomic mass is 32.2. The minimum absolute atomic E-state index is 0.0159. The summed E-state index contributed by atoms with van der Waals surface area (Å²) in [7, 11) is -2.15. The third-order valence-electron chi connectivity index (χ3n) is 5.09. The Morgan fingerprint density at radius 3 is 2.62 bits per heavy atom. The van der Waals surface area contributed by atoms with E-state index in [1.807, 2.05) is 6.07 Å². The number of hydrogen-bond donors (Lipinski definition) is 1. The molecule has 1 atom stereocenters. The molecule has 2 aromatic heterocycles. The number of pyridine rings is 1. The fourth-order valence-corrected chi connectivity index (χ4v) is 5.04. The van der Waals surface area contributed by atoms with Crippen molar-refractivity contribution < 1.29 is 18.3 Å². The first-order valence-corrected chi connectivity index (χ1v) is 10.8. The molecule has 9 heteroatoms. The maximum Gasteiger partial charge on any atom is 0.265 e. The lowest BCUT2D eigenvalue weighted by molar-refractivity contribution is 0.101. The molecular weight excluding hydrogens is 392 g/mol. The van der Waals surface area contributed by atoms with E-state index in [2.05, 4.69) is 10.1 Å². The molecule has 4 rings (SSSR count). The van der Waals surface area contributed by atoms with Crippen LogP contribution in [0.4, 0.5) is 5.69 Å². The quantitative estimate of drug-likeness (QED) is 0.666. The van der Waals surface area contributed by atoms with Gasteiger partial charge in [0.2, 0.25) is 5.88 Å². The van der Waals surface area contributed by atoms with Crippen LogP contribution in [0.3, 0.4) is 0 Å². The van der Waals surface area contributed by atoms with E-state index in [4.69, 9.17) is 4.74 Å². The number of methoxy groups -OCH3 is 1. The average molecular weight is 414 g/mol. The van der Waals surface area contributed by atoms with Crippen molar-refractivity contribution in [3.05, 3.63) is 59.9 Å². The van der Waals surface area contributed by atoms with Crippen LogP contribution in [-0.4, -0.2) is 41.9 Å². The molecule has 2 heterocycles. The third-order valence-corrected chi connectivity index (χ3v) is 6.98. The fourth-order valence-electron chi connectivity index (χ4n) is 3.62. The highest BCUT2D eigenvalue weighted by molar-refractivity contribution is 7.92. The van der Waals surface area contributed by atoms with Gasteiger partial charge in [-0.25, -0.2) is 13.4 Å². The van der Waals surface area contributed by atoms with E-state index < -0.39 is 10.0 Å². The molecule has 0 saturated carbocycles. The van der Waals surface area contributed by atoms with Gasteiger partial charge in [-0.3, -0.25) is 4.31 Å². The van der Waals surface area contributed by atoms with Gasteiger partial charge in [-0.15, -0.1) is 0 Å². The first-order chi connectivity index (χ1) is 14.0. The van der Waals surface area contributed by atoms with E-state index in [0.29, 0.717) is 30.2 Å². The van der Waals surface area contributed by atoms with Crippen molar-refractivity contribution in [1.82, 2.24) is 14.8 Å². The van der Waals surface area contributed by atoms with Crippen molar-refractivity contribution >= 4 is 15.7 Å². The van der Waals surface area contributed by atoms with Gasteiger partial charge in [0.25, 0.3) is 10.0 Å². The Kier molecular flexibility index (Phi) is 5.01. The van der Waals surface area contributed by atoms with E-state index in [-0.39, 0.29) is 16.9 Å². The van der Waals surface area contributed by atoms with Crippen molar-refractivity contribution in [3.63, 3.8) is 0 Å². The van der Waals surface area contributed by atoms with Gasteiger partial charge in [-0.1, -0.05) is 18.2 Å². The summed E-state index contributed by atoms with van der Waals surface area (Å²) in [4.78, 5) is 4.31. The standard InChI is InChI=1S/C20H22N4O4S/c1-3-23(14-7-5-4-6-8-14)29(26,27)15-9-12-18(21-13-15)24-20(25)16-10-11-17(28-2)19(16)22-24/h4-9,12-13,17,25H,3,10-11H2,1-2H3. The number of para-hydroxylation sites is 1. The van der Waals surface area contributed by atoms with Gasteiger partial charge in [0.1, 0.15) is 11.0 Å². The SMILES string of the molecule is CCN(c1ccccc1)S(=O)(=O)c1ccc(-n2nc3c(c2O)CCC3OC)nc1. The number of nitrogens with zero attached hydrogens (tertiary/aromatic N) is 4. The summed E-state index contributed by atoms with van der Waals surface area (Å²) in [6.45, 7) is 2.07. The van der Waals surface area contributed by atoms with E-state index in [1.165, 1.54) is 27.3 Å². The van der Waals surface area contributed by atoms with E-state index in [9.17, 15) is 13.5 Å². The van der Waals surface area contributed by atoms with Crippen LogP contribution in [0.25, 0.3) is 5.82 Å². The molecule has 29 heavy (non-hydrogen) atoms. The van der Waals surface area contributed by atoms with Crippen LogP contribution in [0.2, 0.25) is 0 Å². The summed E-state index contributed by atoms with van der Waals surface area (Å²) < 4.78 is 34.2. The maximum absolute atomic E-state index is 13.1. The van der Waals surface area contributed by atoms with Gasteiger partial charge in [0.15, 0.2) is 5.82 Å². The summed E-state index contributed by atoms with van der Waals surface area (Å²) in [6.07, 6.45) is 2.59. The number of fused-ring (bicyclic) bond motifs is 1. The maximum atomic E-state index is 13.1. The van der Waals surface area contributed by atoms with Crippen LogP contribution in [0, 0.1) is 0 Å². The van der Waals surface area contributed by atoms with Crippen molar-refractivity contribution in [2.24, 2.45) is 0 Å². The van der Waals surface area contributed by atoms with Crippen LogP contribution in [0.15, 0.2) is 53.6 Å². The second kappa shape index (κ2) is 7.49. The number of hydrogen-bond acceptors (Lipinski definition) is 6. The van der Waals surface area contributed by atoms with Crippen LogP contribution in [-0.2, 0) is 21.2 Å². The second-order valence-electron chi connectivity index (χ2n) is 6.72. The molecule has 0 fully saturated rings. The minimum atomic E-state index is -3.76. The molecule has 1 N–H and O–H groups in total. The van der Waals surface area contributed by atoms with E-state index in [1.54, 1.807) is 38.3 Å². The Bertz CT molecular complexity index is 1110. The van der Waals surface area contributed by atoms with Gasteiger partial charge in [-0.2, -0.15) is 9.78 Å². The predicted octanol–water partition coefficient (Wildman–Crippen LogP) is 2.82. The zero-order chi connectivity index (χ0) is 20.6. The molecule has 152 valence electrons. The molecule has 0 amide bonds. The Labute approximate surface area is 169 Å². The third kappa shape index (κ3) is 3.26. The second-order valence-corrected chi connectivity index (χ2v) is 8.58. The summed E-state index contributed by atoms with van der Waals surface area (Å²) in [5.74, 6) is 0.357. The molecule has 0 saturated heterocycles. The van der Waals surface area contributed by atoms with Crippen molar-refractivity contribution in [1.29, 1.82) is 0 Å². The Morgan fingerprint density at radius 2 is 2.00 bits per heavy atom. The average Bonchev–Trinajstić information content (AvgIpc) is 3.29. The highest BCUT2D eigenvalue weighted by Crippen LogP contribution is 2.38. The lowest BCUT2D eigenvalue weighted by atomic mass is 10.3. The summed E-state index contributed by atoms with van der Waals surface area (Å²) >= 11 is 0. The van der Waals surface area contributed by atoms with Crippen LogP contribution in [0.1, 0.15) is 30.7 Å². The molecule has 0 aliphatic heterocycles. The molecule has 8 nitrogen and oxygen atoms in total. The first kappa shape index (κ1) is 19.4. The Balaban J connectivity index is 1.67. The largest absolute Gasteiger partial charge is 0.493 e. The van der Waals surface area contributed by atoms with Crippen molar-refractivity contribution in [3.8, 4) is 11.7 Å². The molecule has 1 aromatic carbocycles. The van der Waals surface area contributed by atoms with Crippen LogP contribution >= 0.6 is 0 Å². The zero-order valence-electron chi connectivity index (χ0n) is 16.2. The number of sulfonamides is 1. The monoisotopic (exact) mass is 414 g/mol. The number of benzene rings is 1. The molecule has 1 aliphatic rings. The number of aromatic nitrogens is 3. The van der Waals surface area contributed by atoms with Crippen LogP contribution in [0.5, 0.6) is 5.88 Å². The molecule has 3 aromatic rings. The van der Waals surface area contributed by atoms with Gasteiger partial charge >= 0.3 is 0 Å². The smallest absolute Gasteiger partial charge is 0.265 e. The lowest BCUT2D eigenvalue weighted by Gasteiger charge is -2.22. The summed E-state index contributed by atoms with van der Waals surface area (Å²) in [6, 6.07) is 11.9. The molecular formula is C20H22N4O4S. The zero-order valence-corrected chi connectivity index (χ0v) is 17.0. The topological polar surface area (TPSA) is 97.6 Å². The number of aromatic hydroxyl groups is 1. The van der Waals surface area contributed by atoms with Crippen molar-refractivity contribution in [2.75, 3.05) is 18.0 Å². The van der Waals surface area contributed by atoms with E-state index >= 15 is 0 Å². The highest BCUT2D eigenvalue weighted by Gasteiger charge is 2.31. The van der Waals surface area contributed by atoms with Crippen molar-refractivity contribution in [2.45, 2.75) is 30.8 Å². The summed E-state index contributed by atoms with van der Waals surface area (Å²) in [5.41, 5.74) is 2.03. The van der Waals surface area contributed by atoms with Gasteiger partial charge in [0, 0.05) is 25.4 Å². The van der Waals surface area contributed by atoms with Crippen LogP contribution < -0.4 is 4.31 Å². The van der Waals surface area contributed by atoms with Gasteiger partial charge in [-0.05, 0) is 44.0 Å². The normalized spacial score (nSPS) is 16.0. The summed E-state index contributed by atoms with van der Waals surface area (Å²) in [5, 5.41) is 14.9. The number of ether oxygens (including phenoxy) is 1.